The number of pyridine rings is 1. The van der Waals surface area contributed by atoms with E-state index in [1.165, 1.54) is 12.3 Å². The van der Waals surface area contributed by atoms with Gasteiger partial charge in [-0.1, -0.05) is 0 Å². The van der Waals surface area contributed by atoms with Gasteiger partial charge in [-0.05, 0) is 25.8 Å². The molecule has 1 saturated carbocycles. The largest absolute Gasteiger partial charge is 0.338 e. The number of ketones is 1. The van der Waals surface area contributed by atoms with E-state index >= 15 is 0 Å². The molecule has 0 unspecified atom stereocenters. The number of carbonyl (C=O) groups is 2. The summed E-state index contributed by atoms with van der Waals surface area (Å²) in [5, 5.41) is 5.26. The van der Waals surface area contributed by atoms with Gasteiger partial charge in [0.25, 0.3) is 0 Å². The second-order valence-electron chi connectivity index (χ2n) is 6.38. The van der Waals surface area contributed by atoms with Crippen molar-refractivity contribution in [2.24, 2.45) is 5.92 Å². The maximum atomic E-state index is 12.7. The van der Waals surface area contributed by atoms with Crippen molar-refractivity contribution in [3.05, 3.63) is 46.8 Å². The Morgan fingerprint density at radius 3 is 2.81 bits per heavy atom. The number of amides is 2. The van der Waals surface area contributed by atoms with Crippen molar-refractivity contribution < 1.29 is 9.59 Å². The van der Waals surface area contributed by atoms with Crippen LogP contribution in [0.25, 0.3) is 16.9 Å². The van der Waals surface area contributed by atoms with E-state index in [-0.39, 0.29) is 29.1 Å². The third-order valence-electron chi connectivity index (χ3n) is 4.27. The molecule has 3 aromatic rings. The summed E-state index contributed by atoms with van der Waals surface area (Å²) < 4.78 is 1.58. The lowest BCUT2D eigenvalue weighted by Crippen LogP contribution is -2.28. The fourth-order valence-corrected chi connectivity index (χ4v) is 2.82. The Labute approximate surface area is 153 Å². The first-order valence-corrected chi connectivity index (χ1v) is 8.73. The van der Waals surface area contributed by atoms with Crippen molar-refractivity contribution in [2.45, 2.75) is 19.8 Å². The Morgan fingerprint density at radius 1 is 1.30 bits per heavy atom. The predicted octanol–water partition coefficient (Wildman–Crippen LogP) is 1.82. The topological polar surface area (TPSA) is 121 Å². The highest BCUT2D eigenvalue weighted by Crippen LogP contribution is 2.33. The molecule has 0 aromatic carbocycles. The molecular weight excluding hydrogens is 348 g/mol. The molecule has 4 rings (SSSR count). The predicted molar refractivity (Wildman–Crippen MR) is 98.8 cm³/mol. The molecule has 2 amide bonds. The number of anilines is 1. The minimum absolute atomic E-state index is 0.0303. The summed E-state index contributed by atoms with van der Waals surface area (Å²) in [5.41, 5.74) is 1.28. The number of hydrogen-bond donors (Lipinski definition) is 3. The van der Waals surface area contributed by atoms with Gasteiger partial charge in [0.2, 0.25) is 11.3 Å². The Hall–Kier alpha value is -3.49. The average Bonchev–Trinajstić information content (AvgIpc) is 3.41. The summed E-state index contributed by atoms with van der Waals surface area (Å²) in [4.78, 5) is 47.5. The number of carbonyl (C=O) groups excluding carboxylic acids is 2. The molecule has 3 aromatic heterocycles. The maximum absolute atomic E-state index is 12.7. The third-order valence-corrected chi connectivity index (χ3v) is 4.27. The second kappa shape index (κ2) is 6.67. The maximum Gasteiger partial charge on any atom is 0.320 e. The highest BCUT2D eigenvalue weighted by Gasteiger charge is 2.33. The van der Waals surface area contributed by atoms with E-state index in [1.54, 1.807) is 22.7 Å². The number of fused-ring (bicyclic) bond motifs is 1. The number of imidazole rings is 1. The molecule has 0 atom stereocenters. The minimum Gasteiger partial charge on any atom is -0.338 e. The Kier molecular flexibility index (Phi) is 4.19. The van der Waals surface area contributed by atoms with Gasteiger partial charge in [-0.3, -0.25) is 19.3 Å². The van der Waals surface area contributed by atoms with Gasteiger partial charge in [0.1, 0.15) is 5.65 Å². The minimum atomic E-state index is -0.376. The van der Waals surface area contributed by atoms with Gasteiger partial charge in [0.15, 0.2) is 11.6 Å². The Balaban J connectivity index is 1.82. The first-order chi connectivity index (χ1) is 13.0. The van der Waals surface area contributed by atoms with E-state index in [9.17, 15) is 14.4 Å². The van der Waals surface area contributed by atoms with Crippen LogP contribution in [-0.2, 0) is 0 Å². The van der Waals surface area contributed by atoms with Crippen LogP contribution < -0.4 is 16.2 Å². The molecule has 0 radical (unpaired) electrons. The van der Waals surface area contributed by atoms with E-state index in [2.05, 4.69) is 25.6 Å². The molecule has 1 aliphatic carbocycles. The summed E-state index contributed by atoms with van der Waals surface area (Å²) in [7, 11) is 0. The van der Waals surface area contributed by atoms with E-state index < -0.39 is 0 Å². The number of aromatic amines is 1. The fourth-order valence-electron chi connectivity index (χ4n) is 2.82. The number of nitrogens with zero attached hydrogens (tertiary/aromatic N) is 3. The van der Waals surface area contributed by atoms with Crippen LogP contribution in [0.1, 0.15) is 30.4 Å². The molecule has 138 valence electrons. The number of H-pyrrole nitrogens is 1. The van der Waals surface area contributed by atoms with Crippen molar-refractivity contribution in [1.29, 1.82) is 0 Å². The van der Waals surface area contributed by atoms with Gasteiger partial charge in [-0.15, -0.1) is 0 Å². The standard InChI is InChI=1S/C18H18N6O3/c1-2-19-18(27)23-13-9-24-14(22-13)8-12(11-5-6-20-15(25)7-11)21-17(24)16(26)10-3-4-10/h5-10H,2-4H2,1H3,(H,20,25)(H2,19,23,27). The summed E-state index contributed by atoms with van der Waals surface area (Å²) in [6.07, 6.45) is 4.79. The highest BCUT2D eigenvalue weighted by atomic mass is 16.2. The Bertz CT molecular complexity index is 1100. The molecule has 1 fully saturated rings. The van der Waals surface area contributed by atoms with Crippen LogP contribution in [0.15, 0.2) is 35.4 Å². The number of Topliss-reactive ketones (excluding diaryl/α,β-unsaturated/α-hetero) is 1. The number of nitrogens with one attached hydrogen (secondary N) is 3. The summed E-state index contributed by atoms with van der Waals surface area (Å²) in [6, 6.07) is 4.43. The molecule has 0 aliphatic heterocycles. The molecule has 9 nitrogen and oxygen atoms in total. The van der Waals surface area contributed by atoms with Crippen molar-refractivity contribution in [1.82, 2.24) is 24.7 Å². The third kappa shape index (κ3) is 3.43. The smallest absolute Gasteiger partial charge is 0.320 e. The van der Waals surface area contributed by atoms with Gasteiger partial charge >= 0.3 is 6.03 Å². The van der Waals surface area contributed by atoms with E-state index in [1.807, 2.05) is 6.92 Å². The number of rotatable bonds is 5. The second-order valence-corrected chi connectivity index (χ2v) is 6.38. The van der Waals surface area contributed by atoms with Crippen LogP contribution in [0.4, 0.5) is 10.6 Å². The summed E-state index contributed by atoms with van der Waals surface area (Å²) >= 11 is 0. The zero-order chi connectivity index (χ0) is 19.0. The van der Waals surface area contributed by atoms with Crippen LogP contribution in [0.3, 0.4) is 0 Å². The monoisotopic (exact) mass is 366 g/mol. The molecule has 3 N–H and O–H groups in total. The molecule has 9 heteroatoms. The van der Waals surface area contributed by atoms with Crippen LogP contribution >= 0.6 is 0 Å². The van der Waals surface area contributed by atoms with Crippen molar-refractivity contribution >= 4 is 23.3 Å². The van der Waals surface area contributed by atoms with Crippen molar-refractivity contribution in [3.8, 4) is 11.3 Å². The fraction of sp³-hybridized carbons (Fsp3) is 0.278. The van der Waals surface area contributed by atoms with E-state index in [0.717, 1.165) is 12.8 Å². The van der Waals surface area contributed by atoms with Crippen molar-refractivity contribution in [2.75, 3.05) is 11.9 Å². The van der Waals surface area contributed by atoms with Gasteiger partial charge < -0.3 is 10.3 Å². The quantitative estimate of drug-likeness (QED) is 0.595. The summed E-state index contributed by atoms with van der Waals surface area (Å²) in [5.74, 6) is 0.475. The van der Waals surface area contributed by atoms with Gasteiger partial charge in [-0.2, -0.15) is 0 Å². The van der Waals surface area contributed by atoms with Crippen LogP contribution in [0.5, 0.6) is 0 Å². The molecule has 0 spiro atoms. The highest BCUT2D eigenvalue weighted by molar-refractivity contribution is 5.97. The normalized spacial score (nSPS) is 13.5. The van der Waals surface area contributed by atoms with Crippen LogP contribution in [0, 0.1) is 5.92 Å². The molecule has 3 heterocycles. The first kappa shape index (κ1) is 17.0. The number of urea groups is 1. The number of hydrogen-bond acceptors (Lipinski definition) is 5. The Morgan fingerprint density at radius 2 is 2.11 bits per heavy atom. The average molecular weight is 366 g/mol. The lowest BCUT2D eigenvalue weighted by atomic mass is 10.1. The zero-order valence-corrected chi connectivity index (χ0v) is 14.7. The van der Waals surface area contributed by atoms with E-state index in [0.29, 0.717) is 29.3 Å². The first-order valence-electron chi connectivity index (χ1n) is 8.73. The zero-order valence-electron chi connectivity index (χ0n) is 14.7. The van der Waals surface area contributed by atoms with Gasteiger partial charge in [0, 0.05) is 36.4 Å². The van der Waals surface area contributed by atoms with Crippen molar-refractivity contribution in [3.63, 3.8) is 0 Å². The molecule has 1 aliphatic rings. The SMILES string of the molecule is CCNC(=O)Nc1cn2c(C(=O)C3CC3)nc(-c3cc[nH]c(=O)c3)cc2n1. The lowest BCUT2D eigenvalue weighted by Gasteiger charge is -2.07. The van der Waals surface area contributed by atoms with Crippen LogP contribution in [-0.4, -0.2) is 37.7 Å². The van der Waals surface area contributed by atoms with Crippen LogP contribution in [0.2, 0.25) is 0 Å². The lowest BCUT2D eigenvalue weighted by molar-refractivity contribution is 0.0956. The van der Waals surface area contributed by atoms with Gasteiger partial charge in [0.05, 0.1) is 11.9 Å². The number of aromatic nitrogens is 4. The molecular formula is C18H18N6O3. The molecule has 0 bridgehead atoms. The van der Waals surface area contributed by atoms with E-state index in [4.69, 9.17) is 0 Å². The van der Waals surface area contributed by atoms with Gasteiger partial charge in [-0.25, -0.2) is 14.8 Å². The summed E-state index contributed by atoms with van der Waals surface area (Å²) in [6.45, 7) is 2.30. The molecule has 27 heavy (non-hydrogen) atoms. The molecule has 0 saturated heterocycles.